The molecule has 1 atom stereocenters. The first-order valence-corrected chi connectivity index (χ1v) is 4.80. The molecule has 1 unspecified atom stereocenters. The van der Waals surface area contributed by atoms with Gasteiger partial charge < -0.3 is 14.4 Å². The fraction of sp³-hybridized carbons (Fsp3) is 0.500. The number of nitrogens with zero attached hydrogens (tertiary/aromatic N) is 3. The van der Waals surface area contributed by atoms with Gasteiger partial charge in [0.25, 0.3) is 0 Å². The van der Waals surface area contributed by atoms with E-state index in [0.717, 1.165) is 0 Å². The maximum Gasteiger partial charge on any atom is 0.347 e. The fourth-order valence-electron chi connectivity index (χ4n) is 1.37. The van der Waals surface area contributed by atoms with Crippen LogP contribution in [-0.4, -0.2) is 27.2 Å². The molecule has 1 heterocycles. The van der Waals surface area contributed by atoms with Crippen LogP contribution >= 0.6 is 0 Å². The zero-order valence-electron chi connectivity index (χ0n) is 9.17. The van der Waals surface area contributed by atoms with Gasteiger partial charge in [-0.3, -0.25) is 0 Å². The summed E-state index contributed by atoms with van der Waals surface area (Å²) in [6.07, 6.45) is 2.63. The lowest BCUT2D eigenvalue weighted by molar-refractivity contribution is -0.167. The first-order valence-electron chi connectivity index (χ1n) is 4.80. The summed E-state index contributed by atoms with van der Waals surface area (Å²) in [6.45, 7) is 1.76. The first kappa shape index (κ1) is 12.2. The van der Waals surface area contributed by atoms with Crippen LogP contribution in [0.4, 0.5) is 0 Å². The molecule has 1 aromatic heterocycles. The van der Waals surface area contributed by atoms with Crippen molar-refractivity contribution >= 4 is 5.97 Å². The second kappa shape index (κ2) is 4.77. The van der Waals surface area contributed by atoms with Crippen LogP contribution in [0, 0.1) is 11.3 Å². The van der Waals surface area contributed by atoms with Gasteiger partial charge in [0.2, 0.25) is 5.60 Å². The second-order valence-electron chi connectivity index (χ2n) is 3.28. The molecule has 6 nitrogen and oxygen atoms in total. The molecule has 6 heteroatoms. The number of carbonyl (C=O) groups is 1. The monoisotopic (exact) mass is 223 g/mol. The van der Waals surface area contributed by atoms with E-state index in [2.05, 4.69) is 4.98 Å². The molecule has 1 N–H and O–H groups in total. The number of aliphatic hydroxyl groups is 1. The zero-order chi connectivity index (χ0) is 12.2. The molecule has 0 aromatic carbocycles. The van der Waals surface area contributed by atoms with E-state index in [0.29, 0.717) is 0 Å². The predicted molar refractivity (Wildman–Crippen MR) is 54.0 cm³/mol. The Balaban J connectivity index is 3.12. The van der Waals surface area contributed by atoms with Gasteiger partial charge in [-0.25, -0.2) is 9.78 Å². The lowest BCUT2D eigenvalue weighted by Gasteiger charge is -2.22. The highest BCUT2D eigenvalue weighted by Crippen LogP contribution is 2.24. The molecule has 0 radical (unpaired) electrons. The van der Waals surface area contributed by atoms with Gasteiger partial charge in [-0.15, -0.1) is 0 Å². The van der Waals surface area contributed by atoms with Crippen molar-refractivity contribution in [2.24, 2.45) is 7.05 Å². The molecule has 0 saturated carbocycles. The number of esters is 1. The zero-order valence-corrected chi connectivity index (χ0v) is 9.17. The first-order chi connectivity index (χ1) is 7.56. The van der Waals surface area contributed by atoms with Gasteiger partial charge in [0.1, 0.15) is 0 Å². The Bertz CT molecular complexity index is 421. The van der Waals surface area contributed by atoms with Crippen LogP contribution < -0.4 is 0 Å². The van der Waals surface area contributed by atoms with Gasteiger partial charge in [-0.1, -0.05) is 0 Å². The van der Waals surface area contributed by atoms with E-state index >= 15 is 0 Å². The number of nitriles is 1. The molecule has 86 valence electrons. The third-order valence-corrected chi connectivity index (χ3v) is 2.14. The fourth-order valence-corrected chi connectivity index (χ4v) is 1.37. The van der Waals surface area contributed by atoms with Crippen LogP contribution in [0.3, 0.4) is 0 Å². The third kappa shape index (κ3) is 2.04. The molecule has 1 rings (SSSR count). The van der Waals surface area contributed by atoms with Gasteiger partial charge in [0.05, 0.1) is 19.1 Å². The van der Waals surface area contributed by atoms with Crippen LogP contribution in [0.15, 0.2) is 12.4 Å². The smallest absolute Gasteiger partial charge is 0.347 e. The van der Waals surface area contributed by atoms with E-state index < -0.39 is 18.0 Å². The molecule has 0 amide bonds. The predicted octanol–water partition coefficient (Wildman–Crippen LogP) is 0.0845. The van der Waals surface area contributed by atoms with Gasteiger partial charge in [-0.2, -0.15) is 5.26 Å². The Morgan fingerprint density at radius 1 is 1.81 bits per heavy atom. The molecule has 0 aliphatic rings. The SMILES string of the molecule is CCOC(=O)C(O)(CC#N)c1nccn1C. The number of hydrogen-bond donors (Lipinski definition) is 1. The highest BCUT2D eigenvalue weighted by molar-refractivity contribution is 5.80. The molecule has 16 heavy (non-hydrogen) atoms. The van der Waals surface area contributed by atoms with Crippen molar-refractivity contribution in [3.8, 4) is 6.07 Å². The lowest BCUT2D eigenvalue weighted by Crippen LogP contribution is -2.39. The number of hydrogen-bond acceptors (Lipinski definition) is 5. The maximum atomic E-state index is 11.6. The average Bonchev–Trinajstić information content (AvgIpc) is 2.65. The standard InChI is InChI=1S/C10H13N3O3/c1-3-16-9(14)10(15,4-5-11)8-12-6-7-13(8)2/h6-7,15H,3-4H2,1-2H3. The summed E-state index contributed by atoms with van der Waals surface area (Å²) >= 11 is 0. The summed E-state index contributed by atoms with van der Waals surface area (Å²) in [6, 6.07) is 1.76. The van der Waals surface area contributed by atoms with Crippen molar-refractivity contribution in [2.45, 2.75) is 18.9 Å². The van der Waals surface area contributed by atoms with E-state index in [4.69, 9.17) is 10.00 Å². The van der Waals surface area contributed by atoms with E-state index in [-0.39, 0.29) is 12.4 Å². The molecule has 1 aromatic rings. The summed E-state index contributed by atoms with van der Waals surface area (Å²) in [5.74, 6) is -0.752. The Morgan fingerprint density at radius 2 is 2.50 bits per heavy atom. The Morgan fingerprint density at radius 3 is 2.94 bits per heavy atom. The van der Waals surface area contributed by atoms with Gasteiger partial charge in [-0.05, 0) is 6.92 Å². The third-order valence-electron chi connectivity index (χ3n) is 2.14. The van der Waals surface area contributed by atoms with Crippen molar-refractivity contribution in [2.75, 3.05) is 6.61 Å². The molecule has 0 aliphatic heterocycles. The number of aromatic nitrogens is 2. The van der Waals surface area contributed by atoms with Crippen molar-refractivity contribution in [1.29, 1.82) is 5.26 Å². The minimum Gasteiger partial charge on any atom is -0.463 e. The molecule has 0 bridgehead atoms. The minimum absolute atomic E-state index is 0.104. The van der Waals surface area contributed by atoms with Crippen LogP contribution in [0.1, 0.15) is 19.2 Å². The quantitative estimate of drug-likeness (QED) is 0.730. The Hall–Kier alpha value is -1.87. The summed E-state index contributed by atoms with van der Waals surface area (Å²) in [5, 5.41) is 18.8. The summed E-state index contributed by atoms with van der Waals surface area (Å²) in [7, 11) is 1.63. The summed E-state index contributed by atoms with van der Waals surface area (Å²) in [5.41, 5.74) is -2.00. The summed E-state index contributed by atoms with van der Waals surface area (Å²) in [4.78, 5) is 15.5. The Labute approximate surface area is 93.1 Å². The number of rotatable bonds is 4. The number of aryl methyl sites for hydroxylation is 1. The second-order valence-corrected chi connectivity index (χ2v) is 3.28. The van der Waals surface area contributed by atoms with E-state index in [9.17, 15) is 9.90 Å². The van der Waals surface area contributed by atoms with Gasteiger partial charge in [0.15, 0.2) is 5.82 Å². The largest absolute Gasteiger partial charge is 0.463 e. The molecular formula is C10H13N3O3. The molecule has 0 fully saturated rings. The van der Waals surface area contributed by atoms with Crippen LogP contribution in [0.25, 0.3) is 0 Å². The number of imidazole rings is 1. The summed E-state index contributed by atoms with van der Waals surface area (Å²) < 4.78 is 6.23. The van der Waals surface area contributed by atoms with Gasteiger partial charge >= 0.3 is 5.97 Å². The number of ether oxygens (including phenoxy) is 1. The van der Waals surface area contributed by atoms with Gasteiger partial charge in [0, 0.05) is 19.4 Å². The molecule has 0 saturated heterocycles. The van der Waals surface area contributed by atoms with Crippen LogP contribution in [-0.2, 0) is 22.2 Å². The Kier molecular flexibility index (Phi) is 3.64. The van der Waals surface area contributed by atoms with Crippen molar-refractivity contribution in [1.82, 2.24) is 9.55 Å². The lowest BCUT2D eigenvalue weighted by atomic mass is 10.00. The maximum absolute atomic E-state index is 11.6. The number of carbonyl (C=O) groups excluding carboxylic acids is 1. The molecule has 0 aliphatic carbocycles. The van der Waals surface area contributed by atoms with E-state index in [1.54, 1.807) is 26.2 Å². The van der Waals surface area contributed by atoms with Crippen molar-refractivity contribution in [3.63, 3.8) is 0 Å². The highest BCUT2D eigenvalue weighted by Gasteiger charge is 2.43. The van der Waals surface area contributed by atoms with Crippen molar-refractivity contribution < 1.29 is 14.6 Å². The van der Waals surface area contributed by atoms with E-state index in [1.165, 1.54) is 10.8 Å². The average molecular weight is 223 g/mol. The molecule has 0 spiro atoms. The van der Waals surface area contributed by atoms with Crippen LogP contribution in [0.2, 0.25) is 0 Å². The van der Waals surface area contributed by atoms with Crippen molar-refractivity contribution in [3.05, 3.63) is 18.2 Å². The van der Waals surface area contributed by atoms with E-state index in [1.807, 2.05) is 0 Å². The normalized spacial score (nSPS) is 13.9. The minimum atomic E-state index is -2.00. The molecular weight excluding hydrogens is 210 g/mol. The highest BCUT2D eigenvalue weighted by atomic mass is 16.5. The van der Waals surface area contributed by atoms with Crippen LogP contribution in [0.5, 0.6) is 0 Å². The topological polar surface area (TPSA) is 88.1 Å².